The second-order valence-corrected chi connectivity index (χ2v) is 4.15. The number of nitrogens with zero attached hydrogens (tertiary/aromatic N) is 2. The SMILES string of the molecule is Cc1cccc(CNc2ccc([N+](=O)[O-])cc2N)n1. The lowest BCUT2D eigenvalue weighted by atomic mass is 10.2. The van der Waals surface area contributed by atoms with Gasteiger partial charge in [-0.3, -0.25) is 15.1 Å². The van der Waals surface area contributed by atoms with E-state index in [1.54, 1.807) is 6.07 Å². The van der Waals surface area contributed by atoms with E-state index in [4.69, 9.17) is 5.73 Å². The highest BCUT2D eigenvalue weighted by molar-refractivity contribution is 5.69. The van der Waals surface area contributed by atoms with Gasteiger partial charge in [-0.05, 0) is 25.1 Å². The Morgan fingerprint density at radius 1 is 1.37 bits per heavy atom. The van der Waals surface area contributed by atoms with E-state index in [9.17, 15) is 10.1 Å². The van der Waals surface area contributed by atoms with E-state index in [-0.39, 0.29) is 5.69 Å². The van der Waals surface area contributed by atoms with Gasteiger partial charge in [-0.1, -0.05) is 6.07 Å². The number of aromatic nitrogens is 1. The molecule has 0 spiro atoms. The Balaban J connectivity index is 2.10. The molecule has 2 aromatic rings. The van der Waals surface area contributed by atoms with Gasteiger partial charge >= 0.3 is 0 Å². The van der Waals surface area contributed by atoms with Crippen molar-refractivity contribution in [3.05, 3.63) is 57.9 Å². The van der Waals surface area contributed by atoms with Crippen LogP contribution in [0.1, 0.15) is 11.4 Å². The first-order valence-corrected chi connectivity index (χ1v) is 5.76. The third kappa shape index (κ3) is 3.19. The Hall–Kier alpha value is -2.63. The first-order chi connectivity index (χ1) is 9.06. The summed E-state index contributed by atoms with van der Waals surface area (Å²) in [5.74, 6) is 0. The first-order valence-electron chi connectivity index (χ1n) is 5.76. The molecule has 3 N–H and O–H groups in total. The average molecular weight is 258 g/mol. The molecule has 0 unspecified atom stereocenters. The van der Waals surface area contributed by atoms with Crippen LogP contribution in [-0.2, 0) is 6.54 Å². The molecule has 1 heterocycles. The topological polar surface area (TPSA) is 94.1 Å². The number of nitrogen functional groups attached to an aromatic ring is 1. The molecule has 1 aromatic heterocycles. The predicted octanol–water partition coefficient (Wildman–Crippen LogP) is 2.49. The summed E-state index contributed by atoms with van der Waals surface area (Å²) in [5, 5.41) is 13.7. The van der Waals surface area contributed by atoms with E-state index in [0.717, 1.165) is 11.4 Å². The number of nitro groups is 1. The molecule has 6 heteroatoms. The van der Waals surface area contributed by atoms with Gasteiger partial charge in [-0.25, -0.2) is 0 Å². The minimum absolute atomic E-state index is 0.0169. The molecule has 0 bridgehead atoms. The Labute approximate surface area is 110 Å². The average Bonchev–Trinajstić information content (AvgIpc) is 2.37. The smallest absolute Gasteiger partial charge is 0.271 e. The number of anilines is 2. The number of hydrogen-bond acceptors (Lipinski definition) is 5. The minimum atomic E-state index is -0.470. The lowest BCUT2D eigenvalue weighted by molar-refractivity contribution is -0.384. The van der Waals surface area contributed by atoms with E-state index in [1.165, 1.54) is 12.1 Å². The summed E-state index contributed by atoms with van der Waals surface area (Å²) >= 11 is 0. The van der Waals surface area contributed by atoms with Crippen LogP contribution in [0, 0.1) is 17.0 Å². The largest absolute Gasteiger partial charge is 0.397 e. The second-order valence-electron chi connectivity index (χ2n) is 4.15. The number of nitrogens with two attached hydrogens (primary N) is 1. The monoisotopic (exact) mass is 258 g/mol. The van der Waals surface area contributed by atoms with Gasteiger partial charge in [0.15, 0.2) is 0 Å². The normalized spacial score (nSPS) is 10.2. The number of pyridine rings is 1. The summed E-state index contributed by atoms with van der Waals surface area (Å²) in [4.78, 5) is 14.5. The molecule has 6 nitrogen and oxygen atoms in total. The third-order valence-electron chi connectivity index (χ3n) is 2.65. The summed E-state index contributed by atoms with van der Waals surface area (Å²) < 4.78 is 0. The second kappa shape index (κ2) is 5.34. The fraction of sp³-hybridized carbons (Fsp3) is 0.154. The predicted molar refractivity (Wildman–Crippen MR) is 73.8 cm³/mol. The van der Waals surface area contributed by atoms with Gasteiger partial charge in [0.1, 0.15) is 0 Å². The Morgan fingerprint density at radius 3 is 2.79 bits per heavy atom. The van der Waals surface area contributed by atoms with Crippen molar-refractivity contribution in [3.8, 4) is 0 Å². The summed E-state index contributed by atoms with van der Waals surface area (Å²) in [6.07, 6.45) is 0. The van der Waals surface area contributed by atoms with Crippen LogP contribution < -0.4 is 11.1 Å². The summed E-state index contributed by atoms with van der Waals surface area (Å²) in [6.45, 7) is 2.44. The van der Waals surface area contributed by atoms with E-state index >= 15 is 0 Å². The van der Waals surface area contributed by atoms with Crippen molar-refractivity contribution in [2.75, 3.05) is 11.1 Å². The Morgan fingerprint density at radius 2 is 2.16 bits per heavy atom. The Bertz CT molecular complexity index is 613. The number of nitrogens with one attached hydrogen (secondary N) is 1. The van der Waals surface area contributed by atoms with Crippen LogP contribution in [0.4, 0.5) is 17.1 Å². The zero-order valence-electron chi connectivity index (χ0n) is 10.5. The molecular formula is C13H14N4O2. The summed E-state index contributed by atoms with van der Waals surface area (Å²) in [5.41, 5.74) is 8.59. The zero-order valence-corrected chi connectivity index (χ0v) is 10.5. The van der Waals surface area contributed by atoms with E-state index in [0.29, 0.717) is 17.9 Å². The Kier molecular flexibility index (Phi) is 3.61. The van der Waals surface area contributed by atoms with Crippen molar-refractivity contribution < 1.29 is 4.92 Å². The molecule has 0 atom stereocenters. The van der Waals surface area contributed by atoms with Gasteiger partial charge < -0.3 is 11.1 Å². The van der Waals surface area contributed by atoms with Crippen LogP contribution in [0.15, 0.2) is 36.4 Å². The molecule has 0 amide bonds. The molecular weight excluding hydrogens is 244 g/mol. The third-order valence-corrected chi connectivity index (χ3v) is 2.65. The van der Waals surface area contributed by atoms with Gasteiger partial charge in [0.25, 0.3) is 5.69 Å². The van der Waals surface area contributed by atoms with Crippen molar-refractivity contribution in [2.24, 2.45) is 0 Å². The maximum atomic E-state index is 10.6. The molecule has 98 valence electrons. The standard InChI is InChI=1S/C13H14N4O2/c1-9-3-2-4-10(16-9)8-15-13-6-5-11(17(18)19)7-12(13)14/h2-7,15H,8,14H2,1H3. The zero-order chi connectivity index (χ0) is 13.8. The quantitative estimate of drug-likeness (QED) is 0.499. The molecule has 0 saturated heterocycles. The fourth-order valence-corrected chi connectivity index (χ4v) is 1.71. The number of nitro benzene ring substituents is 1. The van der Waals surface area contributed by atoms with Crippen molar-refractivity contribution in [3.63, 3.8) is 0 Å². The van der Waals surface area contributed by atoms with Gasteiger partial charge in [0.2, 0.25) is 0 Å². The van der Waals surface area contributed by atoms with Crippen molar-refractivity contribution in [2.45, 2.75) is 13.5 Å². The number of hydrogen-bond donors (Lipinski definition) is 2. The van der Waals surface area contributed by atoms with Crippen LogP contribution in [0.2, 0.25) is 0 Å². The van der Waals surface area contributed by atoms with E-state index in [2.05, 4.69) is 10.3 Å². The van der Waals surface area contributed by atoms with Gasteiger partial charge in [0.05, 0.1) is 28.5 Å². The summed E-state index contributed by atoms with van der Waals surface area (Å²) in [7, 11) is 0. The highest BCUT2D eigenvalue weighted by Crippen LogP contribution is 2.24. The number of rotatable bonds is 4. The molecule has 0 radical (unpaired) electrons. The highest BCUT2D eigenvalue weighted by Gasteiger charge is 2.08. The number of non-ortho nitro benzene ring substituents is 1. The van der Waals surface area contributed by atoms with Gasteiger partial charge in [0, 0.05) is 17.8 Å². The molecule has 0 aliphatic carbocycles. The highest BCUT2D eigenvalue weighted by atomic mass is 16.6. The van der Waals surface area contributed by atoms with Crippen LogP contribution in [0.5, 0.6) is 0 Å². The van der Waals surface area contributed by atoms with Crippen molar-refractivity contribution in [1.29, 1.82) is 0 Å². The lowest BCUT2D eigenvalue weighted by Gasteiger charge is -2.09. The molecule has 0 fully saturated rings. The van der Waals surface area contributed by atoms with E-state index < -0.39 is 4.92 Å². The van der Waals surface area contributed by atoms with Crippen molar-refractivity contribution in [1.82, 2.24) is 4.98 Å². The fourth-order valence-electron chi connectivity index (χ4n) is 1.71. The maximum Gasteiger partial charge on any atom is 0.271 e. The molecule has 19 heavy (non-hydrogen) atoms. The molecule has 0 aliphatic rings. The number of aryl methyl sites for hydroxylation is 1. The minimum Gasteiger partial charge on any atom is -0.397 e. The van der Waals surface area contributed by atoms with E-state index in [1.807, 2.05) is 25.1 Å². The molecule has 0 aliphatic heterocycles. The molecule has 0 saturated carbocycles. The number of benzene rings is 1. The van der Waals surface area contributed by atoms with Crippen LogP contribution in [0.25, 0.3) is 0 Å². The summed E-state index contributed by atoms with van der Waals surface area (Å²) in [6, 6.07) is 10.1. The maximum absolute atomic E-state index is 10.6. The van der Waals surface area contributed by atoms with Crippen LogP contribution >= 0.6 is 0 Å². The lowest BCUT2D eigenvalue weighted by Crippen LogP contribution is -2.04. The van der Waals surface area contributed by atoms with Crippen LogP contribution in [0.3, 0.4) is 0 Å². The first kappa shape index (κ1) is 12.8. The molecule has 1 aromatic carbocycles. The molecule has 2 rings (SSSR count). The van der Waals surface area contributed by atoms with Gasteiger partial charge in [-0.2, -0.15) is 0 Å². The van der Waals surface area contributed by atoms with Gasteiger partial charge in [-0.15, -0.1) is 0 Å². The van der Waals surface area contributed by atoms with Crippen molar-refractivity contribution >= 4 is 17.1 Å². The van der Waals surface area contributed by atoms with Crippen LogP contribution in [-0.4, -0.2) is 9.91 Å².